The summed E-state index contributed by atoms with van der Waals surface area (Å²) in [6.07, 6.45) is 1.16. The molecule has 0 aliphatic carbocycles. The van der Waals surface area contributed by atoms with Gasteiger partial charge in [-0.15, -0.1) is 0 Å². The van der Waals surface area contributed by atoms with Crippen molar-refractivity contribution in [2.75, 3.05) is 6.61 Å². The van der Waals surface area contributed by atoms with Gasteiger partial charge in [-0.3, -0.25) is 4.79 Å². The van der Waals surface area contributed by atoms with E-state index in [0.29, 0.717) is 13.0 Å². The van der Waals surface area contributed by atoms with Crippen LogP contribution in [0.5, 0.6) is 0 Å². The topological polar surface area (TPSA) is 96.9 Å². The van der Waals surface area contributed by atoms with Crippen LogP contribution in [0.1, 0.15) is 18.9 Å². The van der Waals surface area contributed by atoms with Crippen LogP contribution in [0.15, 0.2) is 35.5 Å². The molecule has 21 heavy (non-hydrogen) atoms. The molecule has 114 valence electrons. The van der Waals surface area contributed by atoms with E-state index in [-0.39, 0.29) is 23.9 Å². The van der Waals surface area contributed by atoms with E-state index in [1.807, 2.05) is 37.3 Å². The van der Waals surface area contributed by atoms with Gasteiger partial charge < -0.3 is 21.0 Å². The van der Waals surface area contributed by atoms with Gasteiger partial charge in [0, 0.05) is 6.61 Å². The lowest BCUT2D eigenvalue weighted by Gasteiger charge is -2.21. The maximum Gasteiger partial charge on any atom is 0.231 e. The molecule has 0 spiro atoms. The van der Waals surface area contributed by atoms with Crippen molar-refractivity contribution < 1.29 is 14.7 Å². The summed E-state index contributed by atoms with van der Waals surface area (Å²) < 4.78 is 5.43. The number of hydrogen-bond acceptors (Lipinski definition) is 4. The minimum absolute atomic E-state index is 0.0152. The zero-order chi connectivity index (χ0) is 15.2. The number of amidine groups is 1. The highest BCUT2D eigenvalue weighted by atomic mass is 16.5. The van der Waals surface area contributed by atoms with Gasteiger partial charge in [-0.05, 0) is 25.3 Å². The van der Waals surface area contributed by atoms with E-state index < -0.39 is 5.92 Å². The van der Waals surface area contributed by atoms with Crippen LogP contribution in [0.3, 0.4) is 0 Å². The predicted octanol–water partition coefficient (Wildman–Crippen LogP) is 0.885. The summed E-state index contributed by atoms with van der Waals surface area (Å²) in [5.74, 6) is -1.01. The monoisotopic (exact) mass is 291 g/mol. The Hall–Kier alpha value is -2.08. The number of carbonyl (C=O) groups excluding carboxylic acids is 1. The van der Waals surface area contributed by atoms with Gasteiger partial charge in [0.2, 0.25) is 5.91 Å². The van der Waals surface area contributed by atoms with E-state index >= 15 is 0 Å². The van der Waals surface area contributed by atoms with Crippen molar-refractivity contribution in [2.45, 2.75) is 31.9 Å². The molecule has 1 fully saturated rings. The molecule has 1 saturated heterocycles. The van der Waals surface area contributed by atoms with Crippen LogP contribution in [-0.2, 0) is 16.0 Å². The molecule has 3 atom stereocenters. The van der Waals surface area contributed by atoms with Gasteiger partial charge in [0.05, 0.1) is 12.1 Å². The number of rotatable bonds is 5. The van der Waals surface area contributed by atoms with Crippen LogP contribution >= 0.6 is 0 Å². The van der Waals surface area contributed by atoms with Gasteiger partial charge in [0.15, 0.2) is 5.84 Å². The van der Waals surface area contributed by atoms with Crippen molar-refractivity contribution in [1.29, 1.82) is 0 Å². The Morgan fingerprint density at radius 3 is 2.81 bits per heavy atom. The van der Waals surface area contributed by atoms with E-state index in [2.05, 4.69) is 10.5 Å². The number of carbonyl (C=O) groups is 1. The van der Waals surface area contributed by atoms with Gasteiger partial charge in [-0.1, -0.05) is 35.5 Å². The van der Waals surface area contributed by atoms with Crippen LogP contribution in [-0.4, -0.2) is 35.7 Å². The van der Waals surface area contributed by atoms with E-state index in [1.165, 1.54) is 0 Å². The first-order valence-corrected chi connectivity index (χ1v) is 7.05. The van der Waals surface area contributed by atoms with Crippen LogP contribution in [0, 0.1) is 5.92 Å². The Balaban J connectivity index is 2.06. The summed E-state index contributed by atoms with van der Waals surface area (Å²) in [5, 5.41) is 14.8. The maximum absolute atomic E-state index is 12.4. The molecule has 1 heterocycles. The molecule has 3 unspecified atom stereocenters. The second kappa shape index (κ2) is 7.08. The van der Waals surface area contributed by atoms with Gasteiger partial charge in [0.1, 0.15) is 5.92 Å². The predicted molar refractivity (Wildman–Crippen MR) is 79.0 cm³/mol. The van der Waals surface area contributed by atoms with E-state index in [9.17, 15) is 4.79 Å². The summed E-state index contributed by atoms with van der Waals surface area (Å²) in [7, 11) is 0. The highest BCUT2D eigenvalue weighted by Gasteiger charge is 2.30. The first-order valence-electron chi connectivity index (χ1n) is 7.05. The fourth-order valence-electron chi connectivity index (χ4n) is 2.46. The summed E-state index contributed by atoms with van der Waals surface area (Å²) >= 11 is 0. The minimum Gasteiger partial charge on any atom is -0.409 e. The molecule has 1 aliphatic heterocycles. The Bertz CT molecular complexity index is 504. The molecule has 1 aromatic rings. The SMILES string of the molecule is CC1OCCC1NC(=O)C(Cc1ccccc1)/C(N)=N/O. The quantitative estimate of drug-likeness (QED) is 0.325. The lowest BCUT2D eigenvalue weighted by Crippen LogP contribution is -2.46. The fraction of sp³-hybridized carbons (Fsp3) is 0.467. The van der Waals surface area contributed by atoms with Crippen molar-refractivity contribution in [2.24, 2.45) is 16.8 Å². The minimum atomic E-state index is -0.690. The number of hydrogen-bond donors (Lipinski definition) is 3. The molecule has 0 bridgehead atoms. The van der Waals surface area contributed by atoms with E-state index in [4.69, 9.17) is 15.7 Å². The highest BCUT2D eigenvalue weighted by molar-refractivity contribution is 6.02. The Kier molecular flexibility index (Phi) is 5.16. The zero-order valence-electron chi connectivity index (χ0n) is 12.0. The Labute approximate surface area is 124 Å². The van der Waals surface area contributed by atoms with Crippen molar-refractivity contribution in [1.82, 2.24) is 5.32 Å². The summed E-state index contributed by atoms with van der Waals surface area (Å²) in [6, 6.07) is 9.48. The van der Waals surface area contributed by atoms with Crippen LogP contribution in [0.4, 0.5) is 0 Å². The fourth-order valence-corrected chi connectivity index (χ4v) is 2.46. The average Bonchev–Trinajstić information content (AvgIpc) is 2.90. The van der Waals surface area contributed by atoms with Crippen molar-refractivity contribution in [3.05, 3.63) is 35.9 Å². The summed E-state index contributed by atoms with van der Waals surface area (Å²) in [5.41, 5.74) is 6.64. The molecular weight excluding hydrogens is 270 g/mol. The second-order valence-electron chi connectivity index (χ2n) is 5.25. The third-order valence-electron chi connectivity index (χ3n) is 3.78. The number of oxime groups is 1. The summed E-state index contributed by atoms with van der Waals surface area (Å²) in [4.78, 5) is 12.4. The van der Waals surface area contributed by atoms with E-state index in [0.717, 1.165) is 12.0 Å². The molecule has 0 aromatic heterocycles. The van der Waals surface area contributed by atoms with Crippen molar-refractivity contribution >= 4 is 11.7 Å². The largest absolute Gasteiger partial charge is 0.409 e. The smallest absolute Gasteiger partial charge is 0.231 e. The molecule has 1 amide bonds. The molecule has 1 aliphatic rings. The van der Waals surface area contributed by atoms with Crippen molar-refractivity contribution in [3.8, 4) is 0 Å². The lowest BCUT2D eigenvalue weighted by atomic mass is 9.96. The van der Waals surface area contributed by atoms with Gasteiger partial charge in [-0.2, -0.15) is 0 Å². The normalized spacial score (nSPS) is 23.8. The van der Waals surface area contributed by atoms with Crippen molar-refractivity contribution in [3.63, 3.8) is 0 Å². The highest BCUT2D eigenvalue weighted by Crippen LogP contribution is 2.15. The zero-order valence-corrected chi connectivity index (χ0v) is 12.0. The van der Waals surface area contributed by atoms with Crippen LogP contribution in [0.2, 0.25) is 0 Å². The number of ether oxygens (including phenoxy) is 1. The van der Waals surface area contributed by atoms with Gasteiger partial charge in [-0.25, -0.2) is 0 Å². The lowest BCUT2D eigenvalue weighted by molar-refractivity contribution is -0.124. The number of nitrogens with zero attached hydrogens (tertiary/aromatic N) is 1. The molecule has 2 rings (SSSR count). The summed E-state index contributed by atoms with van der Waals surface area (Å²) in [6.45, 7) is 2.56. The standard InChI is InChI=1S/C15H21N3O3/c1-10-13(7-8-21-10)17-15(19)12(14(16)18-20)9-11-5-3-2-4-6-11/h2-6,10,12-13,20H,7-9H2,1H3,(H2,16,18)(H,17,19). The number of benzene rings is 1. The van der Waals surface area contributed by atoms with Gasteiger partial charge >= 0.3 is 0 Å². The molecule has 6 heteroatoms. The molecule has 6 nitrogen and oxygen atoms in total. The van der Waals surface area contributed by atoms with Crippen LogP contribution < -0.4 is 11.1 Å². The third kappa shape index (κ3) is 3.95. The first kappa shape index (κ1) is 15.3. The Morgan fingerprint density at radius 2 is 2.24 bits per heavy atom. The molecule has 4 N–H and O–H groups in total. The average molecular weight is 291 g/mol. The third-order valence-corrected chi connectivity index (χ3v) is 3.78. The first-order chi connectivity index (χ1) is 10.1. The molecule has 0 radical (unpaired) electrons. The van der Waals surface area contributed by atoms with E-state index in [1.54, 1.807) is 0 Å². The number of amides is 1. The molecular formula is C15H21N3O3. The number of nitrogens with one attached hydrogen (secondary N) is 1. The number of nitrogens with two attached hydrogens (primary N) is 1. The molecule has 1 aromatic carbocycles. The van der Waals surface area contributed by atoms with Crippen LogP contribution in [0.25, 0.3) is 0 Å². The van der Waals surface area contributed by atoms with Gasteiger partial charge in [0.25, 0.3) is 0 Å². The maximum atomic E-state index is 12.4. The Morgan fingerprint density at radius 1 is 1.52 bits per heavy atom. The molecule has 0 saturated carbocycles. The second-order valence-corrected chi connectivity index (χ2v) is 5.25.